The predicted octanol–water partition coefficient (Wildman–Crippen LogP) is 3.91. The molecule has 1 aromatic carbocycles. The lowest BCUT2D eigenvalue weighted by Crippen LogP contribution is -2.04. The van der Waals surface area contributed by atoms with Crippen molar-refractivity contribution in [1.82, 2.24) is 0 Å². The molecule has 0 aliphatic rings. The SMILES string of the molecule is ClC(Br)(Br)Cc1ccccc1. The Kier molecular flexibility index (Phi) is 3.41. The van der Waals surface area contributed by atoms with Crippen molar-refractivity contribution in [2.45, 2.75) is 9.11 Å². The zero-order chi connectivity index (χ0) is 8.32. The van der Waals surface area contributed by atoms with Crippen molar-refractivity contribution in [3.8, 4) is 0 Å². The molecule has 11 heavy (non-hydrogen) atoms. The minimum absolute atomic E-state index is 0.499. The van der Waals surface area contributed by atoms with Crippen molar-refractivity contribution in [3.05, 3.63) is 35.9 Å². The van der Waals surface area contributed by atoms with Crippen LogP contribution in [0.25, 0.3) is 0 Å². The van der Waals surface area contributed by atoms with Gasteiger partial charge < -0.3 is 0 Å². The minimum Gasteiger partial charge on any atom is -0.0936 e. The van der Waals surface area contributed by atoms with Gasteiger partial charge in [0.25, 0.3) is 0 Å². The van der Waals surface area contributed by atoms with Crippen LogP contribution < -0.4 is 0 Å². The fourth-order valence-corrected chi connectivity index (χ4v) is 1.63. The smallest absolute Gasteiger partial charge is 0.0936 e. The molecule has 0 unspecified atom stereocenters. The van der Waals surface area contributed by atoms with Gasteiger partial charge in [-0.25, -0.2) is 0 Å². The summed E-state index contributed by atoms with van der Waals surface area (Å²) in [6.45, 7) is 0. The summed E-state index contributed by atoms with van der Waals surface area (Å²) in [5, 5.41) is 0. The molecule has 0 aliphatic heterocycles. The number of benzene rings is 1. The Morgan fingerprint density at radius 2 is 1.73 bits per heavy atom. The zero-order valence-corrected chi connectivity index (χ0v) is 9.66. The van der Waals surface area contributed by atoms with Gasteiger partial charge in [0, 0.05) is 6.42 Å². The van der Waals surface area contributed by atoms with Crippen LogP contribution in [0.1, 0.15) is 5.56 Å². The molecule has 60 valence electrons. The van der Waals surface area contributed by atoms with E-state index in [1.807, 2.05) is 30.3 Å². The molecular weight excluding hydrogens is 291 g/mol. The standard InChI is InChI=1S/C8H7Br2Cl/c9-8(10,11)6-7-4-2-1-3-5-7/h1-5H,6H2. The van der Waals surface area contributed by atoms with E-state index in [0.717, 1.165) is 6.42 Å². The number of halogens is 3. The maximum Gasteiger partial charge on any atom is 0.157 e. The third kappa shape index (κ3) is 4.14. The van der Waals surface area contributed by atoms with E-state index in [2.05, 4.69) is 31.9 Å². The van der Waals surface area contributed by atoms with Gasteiger partial charge in [-0.2, -0.15) is 0 Å². The molecule has 0 radical (unpaired) electrons. The summed E-state index contributed by atoms with van der Waals surface area (Å²) in [5.41, 5.74) is 1.20. The molecule has 0 N–H and O–H groups in total. The molecule has 0 heterocycles. The van der Waals surface area contributed by atoms with E-state index < -0.39 is 2.69 Å². The first-order valence-corrected chi connectivity index (χ1v) is 5.15. The van der Waals surface area contributed by atoms with Crippen LogP contribution in [0, 0.1) is 0 Å². The Morgan fingerprint density at radius 1 is 1.18 bits per heavy atom. The number of hydrogen-bond donors (Lipinski definition) is 0. The van der Waals surface area contributed by atoms with E-state index in [0.29, 0.717) is 0 Å². The van der Waals surface area contributed by atoms with Gasteiger partial charge in [-0.3, -0.25) is 0 Å². The highest BCUT2D eigenvalue weighted by molar-refractivity contribution is 9.26. The summed E-state index contributed by atoms with van der Waals surface area (Å²) in [7, 11) is 0. The highest BCUT2D eigenvalue weighted by Crippen LogP contribution is 2.34. The van der Waals surface area contributed by atoms with Crippen molar-refractivity contribution in [1.29, 1.82) is 0 Å². The molecule has 0 bridgehead atoms. The molecule has 0 fully saturated rings. The second-order valence-corrected chi connectivity index (χ2v) is 7.61. The first kappa shape index (κ1) is 9.56. The number of alkyl halides is 3. The zero-order valence-electron chi connectivity index (χ0n) is 5.73. The van der Waals surface area contributed by atoms with E-state index in [4.69, 9.17) is 11.6 Å². The fraction of sp³-hybridized carbons (Fsp3) is 0.250. The lowest BCUT2D eigenvalue weighted by Gasteiger charge is -2.10. The summed E-state index contributed by atoms with van der Waals surface area (Å²) < 4.78 is -0.499. The highest BCUT2D eigenvalue weighted by Gasteiger charge is 2.17. The first-order chi connectivity index (χ1) is 5.08. The summed E-state index contributed by atoms with van der Waals surface area (Å²) in [6, 6.07) is 10.1. The van der Waals surface area contributed by atoms with E-state index in [1.54, 1.807) is 0 Å². The van der Waals surface area contributed by atoms with Gasteiger partial charge >= 0.3 is 0 Å². The Morgan fingerprint density at radius 3 is 2.18 bits per heavy atom. The molecule has 1 aromatic rings. The summed E-state index contributed by atoms with van der Waals surface area (Å²) in [6.07, 6.45) is 0.759. The van der Waals surface area contributed by atoms with Crippen LogP contribution in [0.4, 0.5) is 0 Å². The molecular formula is C8H7Br2Cl. The predicted molar refractivity (Wildman–Crippen MR) is 56.6 cm³/mol. The lowest BCUT2D eigenvalue weighted by atomic mass is 10.2. The monoisotopic (exact) mass is 296 g/mol. The Bertz CT molecular complexity index is 215. The minimum atomic E-state index is -0.499. The van der Waals surface area contributed by atoms with Crippen LogP contribution in [-0.4, -0.2) is 2.69 Å². The van der Waals surface area contributed by atoms with Crippen molar-refractivity contribution in [2.75, 3.05) is 0 Å². The van der Waals surface area contributed by atoms with Gasteiger partial charge in [0.1, 0.15) is 0 Å². The summed E-state index contributed by atoms with van der Waals surface area (Å²) in [4.78, 5) is 0. The fourth-order valence-electron chi connectivity index (χ4n) is 0.827. The van der Waals surface area contributed by atoms with Crippen LogP contribution >= 0.6 is 43.5 Å². The Labute approximate surface area is 88.2 Å². The molecule has 0 spiro atoms. The summed E-state index contributed by atoms with van der Waals surface area (Å²) >= 11 is 12.5. The van der Waals surface area contributed by atoms with Gasteiger partial charge in [0.05, 0.1) is 0 Å². The second kappa shape index (κ2) is 3.92. The van der Waals surface area contributed by atoms with E-state index in [9.17, 15) is 0 Å². The van der Waals surface area contributed by atoms with Gasteiger partial charge in [-0.15, -0.1) is 0 Å². The maximum atomic E-state index is 5.90. The molecule has 0 aromatic heterocycles. The van der Waals surface area contributed by atoms with Crippen LogP contribution in [0.3, 0.4) is 0 Å². The second-order valence-electron chi connectivity index (χ2n) is 2.28. The van der Waals surface area contributed by atoms with Crippen molar-refractivity contribution in [2.24, 2.45) is 0 Å². The third-order valence-electron chi connectivity index (χ3n) is 1.25. The van der Waals surface area contributed by atoms with E-state index in [-0.39, 0.29) is 0 Å². The molecule has 3 heteroatoms. The quantitative estimate of drug-likeness (QED) is 0.726. The van der Waals surface area contributed by atoms with Gasteiger partial charge in [0.2, 0.25) is 0 Å². The molecule has 0 saturated heterocycles. The number of rotatable bonds is 2. The maximum absolute atomic E-state index is 5.90. The summed E-state index contributed by atoms with van der Waals surface area (Å²) in [5.74, 6) is 0. The largest absolute Gasteiger partial charge is 0.157 e. The Balaban J connectivity index is 2.66. The molecule has 0 aliphatic carbocycles. The first-order valence-electron chi connectivity index (χ1n) is 3.18. The lowest BCUT2D eigenvalue weighted by molar-refractivity contribution is 1.07. The van der Waals surface area contributed by atoms with Crippen LogP contribution in [0.15, 0.2) is 30.3 Å². The third-order valence-corrected chi connectivity index (χ3v) is 1.94. The van der Waals surface area contributed by atoms with Gasteiger partial charge in [-0.1, -0.05) is 73.8 Å². The van der Waals surface area contributed by atoms with Crippen molar-refractivity contribution >= 4 is 43.5 Å². The number of hydrogen-bond acceptors (Lipinski definition) is 0. The molecule has 0 atom stereocenters. The molecule has 0 nitrogen and oxygen atoms in total. The average molecular weight is 298 g/mol. The molecule has 0 saturated carbocycles. The highest BCUT2D eigenvalue weighted by atomic mass is 79.9. The topological polar surface area (TPSA) is 0 Å². The van der Waals surface area contributed by atoms with E-state index in [1.165, 1.54) is 5.56 Å². The van der Waals surface area contributed by atoms with Gasteiger partial charge in [-0.05, 0) is 5.56 Å². The van der Waals surface area contributed by atoms with Crippen molar-refractivity contribution < 1.29 is 0 Å². The van der Waals surface area contributed by atoms with Crippen LogP contribution in [0.2, 0.25) is 0 Å². The normalized spacial score (nSPS) is 11.5. The van der Waals surface area contributed by atoms with Crippen LogP contribution in [0.5, 0.6) is 0 Å². The van der Waals surface area contributed by atoms with Crippen LogP contribution in [-0.2, 0) is 6.42 Å². The van der Waals surface area contributed by atoms with Crippen molar-refractivity contribution in [3.63, 3.8) is 0 Å². The van der Waals surface area contributed by atoms with E-state index >= 15 is 0 Å². The molecule has 0 amide bonds. The average Bonchev–Trinajstić information content (AvgIpc) is 1.85. The van der Waals surface area contributed by atoms with Gasteiger partial charge in [0.15, 0.2) is 2.69 Å². The molecule has 1 rings (SSSR count). The Hall–Kier alpha value is 0.470.